The summed E-state index contributed by atoms with van der Waals surface area (Å²) >= 11 is 0. The van der Waals surface area contributed by atoms with Crippen molar-refractivity contribution in [2.75, 3.05) is 7.11 Å². The molecule has 0 spiro atoms. The van der Waals surface area contributed by atoms with Crippen molar-refractivity contribution in [3.63, 3.8) is 0 Å². The van der Waals surface area contributed by atoms with Crippen LogP contribution < -0.4 is 4.74 Å². The summed E-state index contributed by atoms with van der Waals surface area (Å²) in [4.78, 5) is 10.5. The molecule has 0 unspecified atom stereocenters. The van der Waals surface area contributed by atoms with Crippen molar-refractivity contribution in [3.8, 4) is 5.75 Å². The van der Waals surface area contributed by atoms with Crippen LogP contribution in [0.4, 0.5) is 0 Å². The number of hydrogen-bond donors (Lipinski definition) is 0. The van der Waals surface area contributed by atoms with Crippen molar-refractivity contribution < 1.29 is 9.53 Å². The molecule has 0 bridgehead atoms. The van der Waals surface area contributed by atoms with Gasteiger partial charge in [-0.1, -0.05) is 54.2 Å². The van der Waals surface area contributed by atoms with E-state index in [1.165, 1.54) is 24.8 Å². The third kappa shape index (κ3) is 6.42. The van der Waals surface area contributed by atoms with Crippen LogP contribution in [0.15, 0.2) is 77.9 Å². The molecule has 1 aromatic carbocycles. The molecular formula is C23H26O2. The van der Waals surface area contributed by atoms with Crippen LogP contribution in [-0.2, 0) is 4.79 Å². The Balaban J connectivity index is 2.26. The highest BCUT2D eigenvalue weighted by Gasteiger charge is 2.02. The fraction of sp³-hybridized carbons (Fsp3) is 0.261. The zero-order valence-corrected chi connectivity index (χ0v) is 15.1. The first-order valence-electron chi connectivity index (χ1n) is 8.75. The summed E-state index contributed by atoms with van der Waals surface area (Å²) in [5.41, 5.74) is 4.60. The number of allylic oxidation sites excluding steroid dienone is 10. The van der Waals surface area contributed by atoms with Crippen LogP contribution in [0, 0.1) is 0 Å². The van der Waals surface area contributed by atoms with E-state index in [1.54, 1.807) is 13.2 Å². The van der Waals surface area contributed by atoms with Gasteiger partial charge in [0.1, 0.15) is 12.0 Å². The average Bonchev–Trinajstić information content (AvgIpc) is 2.65. The van der Waals surface area contributed by atoms with E-state index < -0.39 is 0 Å². The summed E-state index contributed by atoms with van der Waals surface area (Å²) in [6.07, 6.45) is 20.0. The highest BCUT2D eigenvalue weighted by atomic mass is 16.5. The van der Waals surface area contributed by atoms with Gasteiger partial charge in [0.2, 0.25) is 0 Å². The number of hydrogen-bond acceptors (Lipinski definition) is 2. The van der Waals surface area contributed by atoms with E-state index in [2.05, 4.69) is 36.4 Å². The lowest BCUT2D eigenvalue weighted by Gasteiger charge is -2.09. The van der Waals surface area contributed by atoms with Crippen LogP contribution in [0.5, 0.6) is 5.75 Å². The predicted molar refractivity (Wildman–Crippen MR) is 106 cm³/mol. The molecule has 0 aliphatic heterocycles. The molecule has 2 heteroatoms. The Morgan fingerprint density at radius 3 is 2.52 bits per heavy atom. The van der Waals surface area contributed by atoms with Crippen molar-refractivity contribution in [3.05, 3.63) is 83.5 Å². The molecule has 0 radical (unpaired) electrons. The third-order valence-corrected chi connectivity index (χ3v) is 4.19. The van der Waals surface area contributed by atoms with Gasteiger partial charge in [-0.15, -0.1) is 0 Å². The summed E-state index contributed by atoms with van der Waals surface area (Å²) in [5, 5.41) is 0. The van der Waals surface area contributed by atoms with Crippen LogP contribution in [0.25, 0.3) is 5.57 Å². The van der Waals surface area contributed by atoms with Gasteiger partial charge in [-0.05, 0) is 67.5 Å². The van der Waals surface area contributed by atoms with Gasteiger partial charge in [0.25, 0.3) is 0 Å². The highest BCUT2D eigenvalue weighted by molar-refractivity contribution is 5.76. The van der Waals surface area contributed by atoms with E-state index >= 15 is 0 Å². The minimum Gasteiger partial charge on any atom is -0.497 e. The molecule has 0 aromatic heterocycles. The zero-order valence-electron chi connectivity index (χ0n) is 15.1. The first-order chi connectivity index (χ1) is 12.2. The van der Waals surface area contributed by atoms with E-state index in [1.807, 2.05) is 31.2 Å². The fourth-order valence-corrected chi connectivity index (χ4v) is 2.71. The fourth-order valence-electron chi connectivity index (χ4n) is 2.71. The molecule has 25 heavy (non-hydrogen) atoms. The second-order valence-corrected chi connectivity index (χ2v) is 6.11. The minimum absolute atomic E-state index is 0.809. The van der Waals surface area contributed by atoms with Crippen LogP contribution in [-0.4, -0.2) is 13.4 Å². The molecule has 0 saturated heterocycles. The molecule has 130 valence electrons. The normalized spacial score (nSPS) is 16.3. The van der Waals surface area contributed by atoms with E-state index in [9.17, 15) is 4.79 Å². The maximum absolute atomic E-state index is 10.5. The van der Waals surface area contributed by atoms with Crippen LogP contribution in [0.1, 0.15) is 38.2 Å². The molecule has 0 N–H and O–H groups in total. The summed E-state index contributed by atoms with van der Waals surface area (Å²) in [6, 6.07) is 8.06. The number of rotatable bonds is 7. The maximum Gasteiger partial charge on any atom is 0.143 e. The van der Waals surface area contributed by atoms with Crippen LogP contribution in [0.3, 0.4) is 0 Å². The van der Waals surface area contributed by atoms with Gasteiger partial charge in [-0.2, -0.15) is 0 Å². The lowest BCUT2D eigenvalue weighted by Crippen LogP contribution is -1.89. The molecule has 0 heterocycles. The number of ether oxygens (including phenoxy) is 1. The standard InChI is InChI=1S/C23H26O2/c1-19(17-18-24)7-6-10-21(12-11-20-8-4-3-5-9-20)22-13-15-23(25-2)16-14-22/h6-8,10-18H,3-5,9H2,1-2H3. The van der Waals surface area contributed by atoms with Gasteiger partial charge >= 0.3 is 0 Å². The van der Waals surface area contributed by atoms with Gasteiger partial charge in [-0.3, -0.25) is 4.79 Å². The quantitative estimate of drug-likeness (QED) is 0.356. The number of methoxy groups -OCH3 is 1. The molecule has 1 aliphatic carbocycles. The maximum atomic E-state index is 10.5. The molecule has 2 nitrogen and oxygen atoms in total. The Morgan fingerprint density at radius 1 is 1.08 bits per heavy atom. The number of carbonyl (C=O) groups is 1. The van der Waals surface area contributed by atoms with E-state index in [-0.39, 0.29) is 0 Å². The highest BCUT2D eigenvalue weighted by Crippen LogP contribution is 2.23. The Morgan fingerprint density at radius 2 is 1.88 bits per heavy atom. The van der Waals surface area contributed by atoms with Gasteiger partial charge in [0, 0.05) is 0 Å². The first kappa shape index (κ1) is 18.7. The van der Waals surface area contributed by atoms with Gasteiger partial charge in [0.15, 0.2) is 0 Å². The lowest BCUT2D eigenvalue weighted by atomic mass is 9.97. The molecule has 1 aliphatic rings. The van der Waals surface area contributed by atoms with Gasteiger partial charge in [0.05, 0.1) is 7.11 Å². The first-order valence-corrected chi connectivity index (χ1v) is 8.75. The molecule has 1 aromatic rings. The predicted octanol–water partition coefficient (Wildman–Crippen LogP) is 5.84. The number of benzene rings is 1. The smallest absolute Gasteiger partial charge is 0.143 e. The van der Waals surface area contributed by atoms with Crippen LogP contribution in [0.2, 0.25) is 0 Å². The molecule has 2 rings (SSSR count). The Labute approximate surface area is 150 Å². The SMILES string of the molecule is COc1ccc(C(C=CC2=CCCCC2)=CC=CC(C)=CC=O)cc1. The van der Waals surface area contributed by atoms with Crippen LogP contribution >= 0.6 is 0 Å². The second kappa shape index (κ2) is 10.3. The molecule has 0 saturated carbocycles. The molecular weight excluding hydrogens is 308 g/mol. The zero-order chi connectivity index (χ0) is 17.9. The Kier molecular flexibility index (Phi) is 7.71. The van der Waals surface area contributed by atoms with Crippen molar-refractivity contribution >= 4 is 11.9 Å². The number of aldehydes is 1. The summed E-state index contributed by atoms with van der Waals surface area (Å²) in [6.45, 7) is 1.91. The topological polar surface area (TPSA) is 26.3 Å². The van der Waals surface area contributed by atoms with Gasteiger partial charge < -0.3 is 4.74 Å². The summed E-state index contributed by atoms with van der Waals surface area (Å²) < 4.78 is 5.24. The largest absolute Gasteiger partial charge is 0.497 e. The third-order valence-electron chi connectivity index (χ3n) is 4.19. The van der Waals surface area contributed by atoms with E-state index in [0.29, 0.717) is 0 Å². The second-order valence-electron chi connectivity index (χ2n) is 6.11. The average molecular weight is 334 g/mol. The lowest BCUT2D eigenvalue weighted by molar-refractivity contribution is -0.104. The Hall–Kier alpha value is -2.61. The molecule has 0 amide bonds. The monoisotopic (exact) mass is 334 g/mol. The number of carbonyl (C=O) groups excluding carboxylic acids is 1. The minimum atomic E-state index is 0.809. The molecule has 0 atom stereocenters. The summed E-state index contributed by atoms with van der Waals surface area (Å²) in [7, 11) is 1.67. The van der Waals surface area contributed by atoms with Crippen molar-refractivity contribution in [1.82, 2.24) is 0 Å². The van der Waals surface area contributed by atoms with Crippen molar-refractivity contribution in [1.29, 1.82) is 0 Å². The Bertz CT molecular complexity index is 713. The van der Waals surface area contributed by atoms with E-state index in [4.69, 9.17) is 4.74 Å². The summed E-state index contributed by atoms with van der Waals surface area (Å²) in [5.74, 6) is 0.849. The van der Waals surface area contributed by atoms with E-state index in [0.717, 1.165) is 35.2 Å². The van der Waals surface area contributed by atoms with Gasteiger partial charge in [-0.25, -0.2) is 0 Å². The van der Waals surface area contributed by atoms with Crippen molar-refractivity contribution in [2.24, 2.45) is 0 Å². The van der Waals surface area contributed by atoms with Crippen molar-refractivity contribution in [2.45, 2.75) is 32.6 Å². The molecule has 0 fully saturated rings.